The maximum absolute atomic E-state index is 13.3. The molecule has 0 bridgehead atoms. The average Bonchev–Trinajstić information content (AvgIpc) is 3.56. The van der Waals surface area contributed by atoms with E-state index >= 15 is 0 Å². The van der Waals surface area contributed by atoms with Crippen LogP contribution in [0.25, 0.3) is 22.7 Å². The molecule has 2 N–H and O–H groups in total. The number of nitrogens with zero attached hydrogens (tertiary/aromatic N) is 7. The first-order valence-electron chi connectivity index (χ1n) is 13.1. The van der Waals surface area contributed by atoms with Gasteiger partial charge in [-0.25, -0.2) is 19.3 Å². The van der Waals surface area contributed by atoms with Gasteiger partial charge in [-0.05, 0) is 55.3 Å². The Morgan fingerprint density at radius 2 is 1.85 bits per heavy atom. The Balaban J connectivity index is 1.38. The van der Waals surface area contributed by atoms with Gasteiger partial charge in [-0.15, -0.1) is 6.58 Å². The van der Waals surface area contributed by atoms with Crippen LogP contribution in [0.5, 0.6) is 0 Å². The molecular formula is C29H28N8O3. The van der Waals surface area contributed by atoms with Crippen LogP contribution in [0.15, 0.2) is 95.3 Å². The molecule has 0 radical (unpaired) electrons. The third kappa shape index (κ3) is 4.56. The van der Waals surface area contributed by atoms with Crippen molar-refractivity contribution in [1.82, 2.24) is 28.9 Å². The second kappa shape index (κ2) is 10.6. The number of aliphatic hydroxyl groups is 1. The summed E-state index contributed by atoms with van der Waals surface area (Å²) < 4.78 is 4.54. The summed E-state index contributed by atoms with van der Waals surface area (Å²) in [6, 6.07) is 18.2. The minimum absolute atomic E-state index is 0.140. The number of nitrogens with one attached hydrogen (secondary N) is 1. The number of fused-ring (bicyclic) bond motifs is 1. The van der Waals surface area contributed by atoms with Crippen LogP contribution in [0.1, 0.15) is 12.8 Å². The van der Waals surface area contributed by atoms with Crippen LogP contribution in [-0.4, -0.2) is 53.2 Å². The van der Waals surface area contributed by atoms with E-state index < -0.39 is 0 Å². The van der Waals surface area contributed by atoms with E-state index in [0.717, 1.165) is 30.8 Å². The first-order valence-corrected chi connectivity index (χ1v) is 13.1. The molecule has 4 aromatic heterocycles. The highest BCUT2D eigenvalue weighted by Crippen LogP contribution is 2.27. The molecule has 0 unspecified atom stereocenters. The second-order valence-corrected chi connectivity index (χ2v) is 9.53. The van der Waals surface area contributed by atoms with Gasteiger partial charge in [0.2, 0.25) is 5.95 Å². The Kier molecular flexibility index (Phi) is 6.71. The maximum atomic E-state index is 13.3. The van der Waals surface area contributed by atoms with Gasteiger partial charge in [-0.2, -0.15) is 4.98 Å². The molecule has 1 fully saturated rings. The van der Waals surface area contributed by atoms with E-state index in [-0.39, 0.29) is 30.3 Å². The van der Waals surface area contributed by atoms with Gasteiger partial charge in [0, 0.05) is 36.4 Å². The monoisotopic (exact) mass is 536 g/mol. The van der Waals surface area contributed by atoms with E-state index in [4.69, 9.17) is 0 Å². The zero-order valence-corrected chi connectivity index (χ0v) is 21.7. The van der Waals surface area contributed by atoms with E-state index in [2.05, 4.69) is 31.7 Å². The zero-order valence-electron chi connectivity index (χ0n) is 21.7. The third-order valence-corrected chi connectivity index (χ3v) is 7.03. The number of anilines is 3. The van der Waals surface area contributed by atoms with Crippen molar-refractivity contribution in [2.24, 2.45) is 0 Å². The summed E-state index contributed by atoms with van der Waals surface area (Å²) in [5.74, 6) is 1.14. The minimum atomic E-state index is -0.279. The molecule has 1 atom stereocenters. The molecule has 1 aromatic carbocycles. The molecule has 40 heavy (non-hydrogen) atoms. The van der Waals surface area contributed by atoms with Crippen molar-refractivity contribution in [3.63, 3.8) is 0 Å². The largest absolute Gasteiger partial charge is 0.394 e. The van der Waals surface area contributed by atoms with E-state index in [0.29, 0.717) is 28.6 Å². The highest BCUT2D eigenvalue weighted by Gasteiger charge is 2.24. The minimum Gasteiger partial charge on any atom is -0.394 e. The zero-order chi connectivity index (χ0) is 27.6. The maximum Gasteiger partial charge on any atom is 0.278 e. The normalized spacial score (nSPS) is 15.0. The lowest BCUT2D eigenvalue weighted by Gasteiger charge is -2.25. The molecule has 202 valence electrons. The Hall–Kier alpha value is -5.03. The summed E-state index contributed by atoms with van der Waals surface area (Å²) in [7, 11) is 0. The molecule has 5 aromatic rings. The van der Waals surface area contributed by atoms with Crippen molar-refractivity contribution < 1.29 is 5.11 Å². The average molecular weight is 537 g/mol. The molecule has 1 saturated heterocycles. The van der Waals surface area contributed by atoms with Gasteiger partial charge in [0.25, 0.3) is 11.1 Å². The number of hydrogen-bond acceptors (Lipinski definition) is 8. The molecule has 11 nitrogen and oxygen atoms in total. The highest BCUT2D eigenvalue weighted by molar-refractivity contribution is 5.77. The topological polar surface area (TPSA) is 123 Å². The molecule has 0 amide bonds. The summed E-state index contributed by atoms with van der Waals surface area (Å²) in [6.45, 7) is 5.08. The van der Waals surface area contributed by atoms with Gasteiger partial charge in [-0.3, -0.25) is 14.2 Å². The van der Waals surface area contributed by atoms with Gasteiger partial charge in [0.1, 0.15) is 11.2 Å². The summed E-state index contributed by atoms with van der Waals surface area (Å²) in [6.07, 6.45) is 6.81. The van der Waals surface area contributed by atoms with Crippen molar-refractivity contribution in [3.05, 3.63) is 106 Å². The van der Waals surface area contributed by atoms with Gasteiger partial charge in [0.05, 0.1) is 19.2 Å². The van der Waals surface area contributed by atoms with Crippen LogP contribution in [0.2, 0.25) is 0 Å². The summed E-state index contributed by atoms with van der Waals surface area (Å²) in [5.41, 5.74) is 1.71. The predicted octanol–water partition coefficient (Wildman–Crippen LogP) is 3.02. The molecule has 0 saturated carbocycles. The van der Waals surface area contributed by atoms with Gasteiger partial charge < -0.3 is 15.3 Å². The molecular weight excluding hydrogens is 508 g/mol. The van der Waals surface area contributed by atoms with Gasteiger partial charge >= 0.3 is 0 Å². The molecule has 5 heterocycles. The first-order chi connectivity index (χ1) is 19.6. The fourth-order valence-electron chi connectivity index (χ4n) is 5.12. The molecule has 0 aliphatic carbocycles. The highest BCUT2D eigenvalue weighted by atomic mass is 16.3. The fourth-order valence-corrected chi connectivity index (χ4v) is 5.12. The number of aliphatic hydroxyl groups excluding tert-OH is 1. The van der Waals surface area contributed by atoms with E-state index in [9.17, 15) is 14.7 Å². The summed E-state index contributed by atoms with van der Waals surface area (Å²) in [5, 5.41) is 13.2. The Morgan fingerprint density at radius 3 is 2.62 bits per heavy atom. The van der Waals surface area contributed by atoms with Crippen LogP contribution in [-0.2, 0) is 6.54 Å². The summed E-state index contributed by atoms with van der Waals surface area (Å²) >= 11 is 0. The first kappa shape index (κ1) is 25.3. The number of hydrogen-bond donors (Lipinski definition) is 2. The Morgan fingerprint density at radius 1 is 1.02 bits per heavy atom. The van der Waals surface area contributed by atoms with Crippen molar-refractivity contribution in [3.8, 4) is 11.6 Å². The van der Waals surface area contributed by atoms with Crippen LogP contribution < -0.4 is 21.3 Å². The van der Waals surface area contributed by atoms with Crippen molar-refractivity contribution in [2.45, 2.75) is 25.4 Å². The van der Waals surface area contributed by atoms with Crippen LogP contribution in [0.3, 0.4) is 0 Å². The lowest BCUT2D eigenvalue weighted by Crippen LogP contribution is -2.31. The number of aromatic nitrogens is 6. The van der Waals surface area contributed by atoms with Crippen LogP contribution in [0, 0.1) is 0 Å². The van der Waals surface area contributed by atoms with Gasteiger partial charge in [-0.1, -0.05) is 18.2 Å². The van der Waals surface area contributed by atoms with Crippen LogP contribution >= 0.6 is 0 Å². The number of benzene rings is 1. The Labute approximate surface area is 229 Å². The quantitative estimate of drug-likeness (QED) is 0.290. The van der Waals surface area contributed by atoms with Gasteiger partial charge in [0.15, 0.2) is 11.5 Å². The third-order valence-electron chi connectivity index (χ3n) is 7.03. The molecule has 0 spiro atoms. The molecule has 1 aliphatic heterocycles. The number of rotatable bonds is 8. The van der Waals surface area contributed by atoms with Crippen molar-refractivity contribution in [2.75, 3.05) is 23.4 Å². The molecule has 11 heteroatoms. The lowest BCUT2D eigenvalue weighted by molar-refractivity contribution is 0.266. The molecule has 6 rings (SSSR count). The van der Waals surface area contributed by atoms with Crippen molar-refractivity contribution >= 4 is 28.4 Å². The standard InChI is InChI=1S/C29H28N8O3/c1-2-15-36-28(40)23-18-30-29(31-20-11-13-21(14-12-20)34-17-6-7-22(34)19-38)33-27(23)37(36)25-9-5-8-24(32-25)35-16-4-3-10-26(35)39/h2-5,8-14,16,18,22,38H,1,6-7,15,17,19H2,(H,30,31,33)/t22-/m0/s1. The second-order valence-electron chi connectivity index (χ2n) is 9.53. The van der Waals surface area contributed by atoms with E-state index in [1.165, 1.54) is 21.5 Å². The number of pyridine rings is 2. The smallest absolute Gasteiger partial charge is 0.278 e. The fraction of sp³-hybridized carbons (Fsp3) is 0.207. The SMILES string of the molecule is C=CCn1c(=O)c2cnc(Nc3ccc(N4CCC[C@H]4CO)cc3)nc2n1-c1cccc(-n2ccccc2=O)n1. The predicted molar refractivity (Wildman–Crippen MR) is 154 cm³/mol. The van der Waals surface area contributed by atoms with Crippen molar-refractivity contribution in [1.29, 1.82) is 0 Å². The van der Waals surface area contributed by atoms with E-state index in [1.807, 2.05) is 24.3 Å². The van der Waals surface area contributed by atoms with Crippen LogP contribution in [0.4, 0.5) is 17.3 Å². The number of allylic oxidation sites excluding steroid dienone is 1. The summed E-state index contributed by atoms with van der Waals surface area (Å²) in [4.78, 5) is 41.7. The van der Waals surface area contributed by atoms with E-state index in [1.54, 1.807) is 47.3 Å². The molecule has 1 aliphatic rings. The lowest BCUT2D eigenvalue weighted by atomic mass is 10.2. The Bertz CT molecular complexity index is 1810.